The molecule has 0 aromatic rings. The average Bonchev–Trinajstić information content (AvgIpc) is 2.58. The maximum atomic E-state index is 11.1. The van der Waals surface area contributed by atoms with E-state index in [2.05, 4.69) is 0 Å². The third-order valence-electron chi connectivity index (χ3n) is 2.59. The first-order valence-corrected chi connectivity index (χ1v) is 5.23. The van der Waals surface area contributed by atoms with E-state index in [1.807, 2.05) is 6.92 Å². The fraction of sp³-hybridized carbons (Fsp3) is 0.800. The number of carbonyl (C=O) groups is 2. The standard InChI is InChI=1S/C10H17NO4/c1-8(2-3-9(12)13)4-5-11-6-7-15-10(11)14/h8H,2-7H2,1H3,(H,12,13). The maximum absolute atomic E-state index is 11.1. The molecule has 1 amide bonds. The van der Waals surface area contributed by atoms with Crippen LogP contribution in [0, 0.1) is 5.92 Å². The van der Waals surface area contributed by atoms with Gasteiger partial charge in [0.1, 0.15) is 6.61 Å². The molecule has 5 heteroatoms. The van der Waals surface area contributed by atoms with E-state index in [-0.39, 0.29) is 12.5 Å². The van der Waals surface area contributed by atoms with Crippen molar-refractivity contribution in [1.82, 2.24) is 4.90 Å². The van der Waals surface area contributed by atoms with Gasteiger partial charge in [0.25, 0.3) is 0 Å². The fourth-order valence-electron chi connectivity index (χ4n) is 1.52. The van der Waals surface area contributed by atoms with Gasteiger partial charge < -0.3 is 14.7 Å². The molecule has 1 unspecified atom stereocenters. The summed E-state index contributed by atoms with van der Waals surface area (Å²) in [5.41, 5.74) is 0. The van der Waals surface area contributed by atoms with Gasteiger partial charge in [-0.05, 0) is 18.8 Å². The van der Waals surface area contributed by atoms with Crippen LogP contribution >= 0.6 is 0 Å². The van der Waals surface area contributed by atoms with Crippen molar-refractivity contribution in [1.29, 1.82) is 0 Å². The number of amides is 1. The molecule has 1 fully saturated rings. The van der Waals surface area contributed by atoms with Gasteiger partial charge in [0, 0.05) is 13.0 Å². The first-order chi connectivity index (χ1) is 7.09. The minimum absolute atomic E-state index is 0.200. The van der Waals surface area contributed by atoms with E-state index >= 15 is 0 Å². The molecular formula is C10H17NO4. The van der Waals surface area contributed by atoms with Crippen LogP contribution in [0.25, 0.3) is 0 Å². The number of carboxylic acid groups (broad SMARTS) is 1. The molecule has 0 radical (unpaired) electrons. The molecule has 86 valence electrons. The number of ether oxygens (including phenoxy) is 1. The van der Waals surface area contributed by atoms with Crippen molar-refractivity contribution in [2.45, 2.75) is 26.2 Å². The molecule has 0 saturated carbocycles. The Hall–Kier alpha value is -1.26. The van der Waals surface area contributed by atoms with Crippen molar-refractivity contribution in [2.24, 2.45) is 5.92 Å². The summed E-state index contributed by atoms with van der Waals surface area (Å²) in [6, 6.07) is 0. The second-order valence-electron chi connectivity index (χ2n) is 3.93. The molecule has 5 nitrogen and oxygen atoms in total. The van der Waals surface area contributed by atoms with Crippen molar-refractivity contribution in [3.05, 3.63) is 0 Å². The first-order valence-electron chi connectivity index (χ1n) is 5.23. The largest absolute Gasteiger partial charge is 0.481 e. The third kappa shape index (κ3) is 4.18. The first kappa shape index (κ1) is 11.8. The highest BCUT2D eigenvalue weighted by atomic mass is 16.6. The minimum Gasteiger partial charge on any atom is -0.481 e. The normalized spacial score (nSPS) is 17.7. The number of carboxylic acids is 1. The van der Waals surface area contributed by atoms with E-state index in [0.717, 1.165) is 6.42 Å². The predicted molar refractivity (Wildman–Crippen MR) is 53.6 cm³/mol. The molecule has 0 aromatic heterocycles. The monoisotopic (exact) mass is 215 g/mol. The second kappa shape index (κ2) is 5.58. The van der Waals surface area contributed by atoms with E-state index in [4.69, 9.17) is 9.84 Å². The molecule has 1 N–H and O–H groups in total. The molecule has 0 spiro atoms. The van der Waals surface area contributed by atoms with E-state index in [0.29, 0.717) is 32.0 Å². The van der Waals surface area contributed by atoms with Crippen LogP contribution < -0.4 is 0 Å². The van der Waals surface area contributed by atoms with Gasteiger partial charge in [-0.15, -0.1) is 0 Å². The number of cyclic esters (lactones) is 1. The van der Waals surface area contributed by atoms with Crippen LogP contribution in [0.4, 0.5) is 4.79 Å². The molecule has 1 rings (SSSR count). The lowest BCUT2D eigenvalue weighted by Gasteiger charge is -2.15. The molecule has 1 saturated heterocycles. The number of aliphatic carboxylic acids is 1. The van der Waals surface area contributed by atoms with E-state index in [1.54, 1.807) is 4.90 Å². The summed E-state index contributed by atoms with van der Waals surface area (Å²) in [4.78, 5) is 23.1. The molecule has 15 heavy (non-hydrogen) atoms. The molecule has 1 aliphatic heterocycles. The summed E-state index contributed by atoms with van der Waals surface area (Å²) in [5.74, 6) is -0.433. The van der Waals surface area contributed by atoms with Crippen LogP contribution in [0.2, 0.25) is 0 Å². The van der Waals surface area contributed by atoms with Gasteiger partial charge >= 0.3 is 12.1 Å². The Bertz CT molecular complexity index is 242. The summed E-state index contributed by atoms with van der Waals surface area (Å²) in [7, 11) is 0. The Morgan fingerprint density at radius 2 is 2.33 bits per heavy atom. The minimum atomic E-state index is -0.762. The molecule has 1 aliphatic rings. The Morgan fingerprint density at radius 1 is 1.60 bits per heavy atom. The Morgan fingerprint density at radius 3 is 2.87 bits per heavy atom. The van der Waals surface area contributed by atoms with Gasteiger partial charge in [-0.2, -0.15) is 0 Å². The maximum Gasteiger partial charge on any atom is 0.409 e. The zero-order valence-electron chi connectivity index (χ0n) is 8.94. The number of nitrogens with zero attached hydrogens (tertiary/aromatic N) is 1. The molecule has 0 aromatic carbocycles. The average molecular weight is 215 g/mol. The van der Waals surface area contributed by atoms with Crippen molar-refractivity contribution in [3.8, 4) is 0 Å². The number of hydrogen-bond acceptors (Lipinski definition) is 3. The van der Waals surface area contributed by atoms with Gasteiger partial charge in [-0.1, -0.05) is 6.92 Å². The number of rotatable bonds is 6. The summed E-state index contributed by atoms with van der Waals surface area (Å²) in [6.07, 6.45) is 1.45. The Balaban J connectivity index is 2.13. The van der Waals surface area contributed by atoms with Crippen LogP contribution in [-0.2, 0) is 9.53 Å². The van der Waals surface area contributed by atoms with Crippen molar-refractivity contribution in [2.75, 3.05) is 19.7 Å². The summed E-state index contributed by atoms with van der Waals surface area (Å²) in [5, 5.41) is 8.50. The number of hydrogen-bond donors (Lipinski definition) is 1. The lowest BCUT2D eigenvalue weighted by molar-refractivity contribution is -0.137. The molecule has 1 atom stereocenters. The van der Waals surface area contributed by atoms with Gasteiger partial charge in [0.05, 0.1) is 6.54 Å². The van der Waals surface area contributed by atoms with Crippen LogP contribution in [0.15, 0.2) is 0 Å². The van der Waals surface area contributed by atoms with Crippen LogP contribution in [0.5, 0.6) is 0 Å². The van der Waals surface area contributed by atoms with E-state index in [9.17, 15) is 9.59 Å². The molecule has 1 heterocycles. The molecule has 0 aliphatic carbocycles. The van der Waals surface area contributed by atoms with E-state index < -0.39 is 5.97 Å². The van der Waals surface area contributed by atoms with Crippen molar-refractivity contribution in [3.63, 3.8) is 0 Å². The highest BCUT2D eigenvalue weighted by Gasteiger charge is 2.21. The highest BCUT2D eigenvalue weighted by molar-refractivity contribution is 5.69. The SMILES string of the molecule is CC(CCC(=O)O)CCN1CCOC1=O. The lowest BCUT2D eigenvalue weighted by atomic mass is 10.0. The van der Waals surface area contributed by atoms with Gasteiger partial charge in [0.15, 0.2) is 0 Å². The van der Waals surface area contributed by atoms with Gasteiger partial charge in [-0.3, -0.25) is 4.79 Å². The zero-order valence-corrected chi connectivity index (χ0v) is 8.94. The van der Waals surface area contributed by atoms with Crippen molar-refractivity contribution >= 4 is 12.1 Å². The molecule has 0 bridgehead atoms. The second-order valence-corrected chi connectivity index (χ2v) is 3.93. The van der Waals surface area contributed by atoms with Crippen LogP contribution in [0.1, 0.15) is 26.2 Å². The summed E-state index contributed by atoms with van der Waals surface area (Å²) in [6.45, 7) is 3.80. The van der Waals surface area contributed by atoms with Gasteiger partial charge in [0.2, 0.25) is 0 Å². The predicted octanol–water partition coefficient (Wildman–Crippen LogP) is 1.33. The highest BCUT2D eigenvalue weighted by Crippen LogP contribution is 2.13. The number of carbonyl (C=O) groups excluding carboxylic acids is 1. The van der Waals surface area contributed by atoms with Crippen LogP contribution in [-0.4, -0.2) is 41.8 Å². The van der Waals surface area contributed by atoms with Gasteiger partial charge in [-0.25, -0.2) is 4.79 Å². The summed E-state index contributed by atoms with van der Waals surface area (Å²) >= 11 is 0. The van der Waals surface area contributed by atoms with Crippen molar-refractivity contribution < 1.29 is 19.4 Å². The Kier molecular flexibility index (Phi) is 4.39. The fourth-order valence-corrected chi connectivity index (χ4v) is 1.52. The topological polar surface area (TPSA) is 66.8 Å². The molecular weight excluding hydrogens is 198 g/mol. The summed E-state index contributed by atoms with van der Waals surface area (Å²) < 4.78 is 4.79. The zero-order chi connectivity index (χ0) is 11.3. The third-order valence-corrected chi connectivity index (χ3v) is 2.59. The smallest absolute Gasteiger partial charge is 0.409 e. The van der Waals surface area contributed by atoms with Crippen LogP contribution in [0.3, 0.4) is 0 Å². The van der Waals surface area contributed by atoms with E-state index in [1.165, 1.54) is 0 Å². The Labute approximate surface area is 89.0 Å². The lowest BCUT2D eigenvalue weighted by Crippen LogP contribution is -2.26. The quantitative estimate of drug-likeness (QED) is 0.725.